The minimum Gasteiger partial charge on any atom is -0.378 e. The van der Waals surface area contributed by atoms with Gasteiger partial charge in [-0.1, -0.05) is 12.1 Å². The molecule has 0 bridgehead atoms. The Morgan fingerprint density at radius 3 is 2.88 bits per heavy atom. The second-order valence-corrected chi connectivity index (χ2v) is 6.75. The van der Waals surface area contributed by atoms with Crippen LogP contribution >= 0.6 is 0 Å². The molecule has 2 aliphatic rings. The summed E-state index contributed by atoms with van der Waals surface area (Å²) in [6.07, 6.45) is 3.84. The molecular weight excluding hydrogens is 308 g/mol. The third kappa shape index (κ3) is 3.95. The van der Waals surface area contributed by atoms with Crippen LogP contribution < -0.4 is 0 Å². The third-order valence-electron chi connectivity index (χ3n) is 4.99. The van der Waals surface area contributed by atoms with Crippen molar-refractivity contribution in [2.45, 2.75) is 45.6 Å². The predicted octanol–water partition coefficient (Wildman–Crippen LogP) is 1.65. The molecule has 0 radical (unpaired) electrons. The van der Waals surface area contributed by atoms with Gasteiger partial charge in [0.05, 0.1) is 25.2 Å². The number of hydrogen-bond acceptors (Lipinski definition) is 6. The molecule has 3 heterocycles. The molecule has 2 atom stereocenters. The van der Waals surface area contributed by atoms with Crippen LogP contribution in [0.4, 0.5) is 0 Å². The summed E-state index contributed by atoms with van der Waals surface area (Å²) in [7, 11) is 0. The average Bonchev–Trinajstić information content (AvgIpc) is 3.10. The van der Waals surface area contributed by atoms with Crippen molar-refractivity contribution in [3.63, 3.8) is 0 Å². The van der Waals surface area contributed by atoms with Gasteiger partial charge in [0.15, 0.2) is 5.82 Å². The molecule has 0 N–H and O–H groups in total. The van der Waals surface area contributed by atoms with Gasteiger partial charge in [-0.05, 0) is 32.7 Å². The zero-order valence-electron chi connectivity index (χ0n) is 14.7. The van der Waals surface area contributed by atoms with Gasteiger partial charge in [0.2, 0.25) is 11.8 Å². The Labute approximate surface area is 143 Å². The maximum atomic E-state index is 12.7. The number of rotatable bonds is 5. The minimum absolute atomic E-state index is 0.0587. The number of hydrogen-bond donors (Lipinski definition) is 0. The Balaban J connectivity index is 1.60. The Bertz CT molecular complexity index is 542. The number of carbonyl (C=O) groups excluding carboxylic acids is 1. The van der Waals surface area contributed by atoms with Gasteiger partial charge < -0.3 is 14.2 Å². The van der Waals surface area contributed by atoms with Crippen LogP contribution in [0.1, 0.15) is 50.9 Å². The highest BCUT2D eigenvalue weighted by Gasteiger charge is 2.33. The molecular formula is C17H28N4O3. The highest BCUT2D eigenvalue weighted by Crippen LogP contribution is 2.27. The number of nitrogens with zero attached hydrogens (tertiary/aromatic N) is 4. The molecule has 0 spiro atoms. The van der Waals surface area contributed by atoms with Crippen LogP contribution in [0.5, 0.6) is 0 Å². The predicted molar refractivity (Wildman–Crippen MR) is 88.4 cm³/mol. The van der Waals surface area contributed by atoms with E-state index in [4.69, 9.17) is 9.26 Å². The van der Waals surface area contributed by atoms with Crippen LogP contribution in [0.25, 0.3) is 0 Å². The van der Waals surface area contributed by atoms with E-state index in [0.29, 0.717) is 19.1 Å². The summed E-state index contributed by atoms with van der Waals surface area (Å²) in [5.74, 6) is 1.78. The highest BCUT2D eigenvalue weighted by atomic mass is 16.5. The third-order valence-corrected chi connectivity index (χ3v) is 4.99. The maximum absolute atomic E-state index is 12.7. The molecule has 7 heteroatoms. The van der Waals surface area contributed by atoms with Crippen molar-refractivity contribution < 1.29 is 14.1 Å². The first kappa shape index (κ1) is 17.4. The summed E-state index contributed by atoms with van der Waals surface area (Å²) in [4.78, 5) is 21.5. The average molecular weight is 336 g/mol. The Hall–Kier alpha value is -1.47. The van der Waals surface area contributed by atoms with Gasteiger partial charge in [0.25, 0.3) is 0 Å². The van der Waals surface area contributed by atoms with Crippen molar-refractivity contribution in [2.75, 3.05) is 39.4 Å². The normalized spacial score (nSPS) is 24.1. The molecule has 2 aliphatic heterocycles. The van der Waals surface area contributed by atoms with E-state index < -0.39 is 0 Å². The fraction of sp³-hybridized carbons (Fsp3) is 0.824. The molecule has 1 amide bonds. The van der Waals surface area contributed by atoms with E-state index in [1.165, 1.54) is 0 Å². The molecule has 2 saturated heterocycles. The number of morpholine rings is 1. The lowest BCUT2D eigenvalue weighted by molar-refractivity contribution is -0.141. The van der Waals surface area contributed by atoms with E-state index in [0.717, 1.165) is 57.7 Å². The molecule has 2 fully saturated rings. The van der Waals surface area contributed by atoms with Gasteiger partial charge in [-0.15, -0.1) is 0 Å². The zero-order chi connectivity index (χ0) is 16.9. The lowest BCUT2D eigenvalue weighted by Crippen LogP contribution is -2.48. The smallest absolute Gasteiger partial charge is 0.243 e. The maximum Gasteiger partial charge on any atom is 0.243 e. The zero-order valence-corrected chi connectivity index (χ0v) is 14.7. The van der Waals surface area contributed by atoms with Crippen molar-refractivity contribution in [1.82, 2.24) is 19.9 Å². The van der Waals surface area contributed by atoms with Gasteiger partial charge in [-0.25, -0.2) is 0 Å². The van der Waals surface area contributed by atoms with E-state index in [-0.39, 0.29) is 17.9 Å². The van der Waals surface area contributed by atoms with Crippen molar-refractivity contribution in [2.24, 2.45) is 5.92 Å². The van der Waals surface area contributed by atoms with Crippen LogP contribution in [0.2, 0.25) is 0 Å². The number of ether oxygens (including phenoxy) is 1. The quantitative estimate of drug-likeness (QED) is 0.814. The van der Waals surface area contributed by atoms with Crippen molar-refractivity contribution in [1.29, 1.82) is 0 Å². The summed E-state index contributed by atoms with van der Waals surface area (Å²) in [6.45, 7) is 8.67. The van der Waals surface area contributed by atoms with E-state index in [1.807, 2.05) is 4.90 Å². The number of carbonyl (C=O) groups is 1. The van der Waals surface area contributed by atoms with Crippen LogP contribution in [0, 0.1) is 5.92 Å². The van der Waals surface area contributed by atoms with Gasteiger partial charge in [-0.2, -0.15) is 4.98 Å². The summed E-state index contributed by atoms with van der Waals surface area (Å²) < 4.78 is 10.8. The lowest BCUT2D eigenvalue weighted by atomic mass is 9.95. The van der Waals surface area contributed by atoms with Crippen molar-refractivity contribution in [3.05, 3.63) is 11.7 Å². The minimum atomic E-state index is 0.0587. The number of likely N-dealkylation sites (tertiary alicyclic amines) is 1. The Morgan fingerprint density at radius 2 is 2.12 bits per heavy atom. The molecule has 0 aromatic carbocycles. The molecule has 7 nitrogen and oxygen atoms in total. The van der Waals surface area contributed by atoms with Crippen molar-refractivity contribution in [3.8, 4) is 0 Å². The molecule has 0 aliphatic carbocycles. The van der Waals surface area contributed by atoms with Crippen LogP contribution in [0.3, 0.4) is 0 Å². The van der Waals surface area contributed by atoms with Gasteiger partial charge in [0, 0.05) is 26.1 Å². The number of piperidine rings is 1. The summed E-state index contributed by atoms with van der Waals surface area (Å²) >= 11 is 0. The summed E-state index contributed by atoms with van der Waals surface area (Å²) in [5, 5.41) is 4.05. The Morgan fingerprint density at radius 1 is 1.33 bits per heavy atom. The topological polar surface area (TPSA) is 71.7 Å². The molecule has 0 saturated carbocycles. The van der Waals surface area contributed by atoms with Crippen LogP contribution in [-0.4, -0.2) is 65.2 Å². The summed E-state index contributed by atoms with van der Waals surface area (Å²) in [5.41, 5.74) is 0. The van der Waals surface area contributed by atoms with Gasteiger partial charge in [-0.3, -0.25) is 9.69 Å². The molecule has 134 valence electrons. The molecule has 1 aromatic rings. The number of aryl methyl sites for hydroxylation is 1. The first-order valence-electron chi connectivity index (χ1n) is 9.12. The first-order valence-corrected chi connectivity index (χ1v) is 9.12. The molecule has 0 unspecified atom stereocenters. The van der Waals surface area contributed by atoms with Crippen LogP contribution in [0.15, 0.2) is 4.52 Å². The van der Waals surface area contributed by atoms with Gasteiger partial charge in [0.1, 0.15) is 0 Å². The fourth-order valence-corrected chi connectivity index (χ4v) is 3.52. The van der Waals surface area contributed by atoms with E-state index in [1.54, 1.807) is 0 Å². The first-order chi connectivity index (χ1) is 11.7. The second kappa shape index (κ2) is 8.07. The monoisotopic (exact) mass is 336 g/mol. The van der Waals surface area contributed by atoms with E-state index in [9.17, 15) is 4.79 Å². The summed E-state index contributed by atoms with van der Waals surface area (Å²) in [6, 6.07) is 0.0587. The standard InChI is InChI=1S/C17H28N4O3/c1-3-5-15-18-16(24-19-15)13(2)21-7-4-6-14(12-21)17(22)20-8-10-23-11-9-20/h13-14H,3-12H2,1-2H3/t13-,14+/m0/s1. The van der Waals surface area contributed by atoms with E-state index >= 15 is 0 Å². The fourth-order valence-electron chi connectivity index (χ4n) is 3.52. The van der Waals surface area contributed by atoms with Gasteiger partial charge >= 0.3 is 0 Å². The van der Waals surface area contributed by atoms with E-state index in [2.05, 4.69) is 28.9 Å². The highest BCUT2D eigenvalue weighted by molar-refractivity contribution is 5.79. The molecule has 3 rings (SSSR count). The molecule has 24 heavy (non-hydrogen) atoms. The Kier molecular flexibility index (Phi) is 5.84. The number of aromatic nitrogens is 2. The number of amides is 1. The SMILES string of the molecule is CCCc1noc([C@H](C)N2CCC[C@@H](C(=O)N3CCOCC3)C2)n1. The van der Waals surface area contributed by atoms with Crippen molar-refractivity contribution >= 4 is 5.91 Å². The lowest BCUT2D eigenvalue weighted by Gasteiger charge is -2.37. The molecule has 1 aromatic heterocycles. The second-order valence-electron chi connectivity index (χ2n) is 6.75. The largest absolute Gasteiger partial charge is 0.378 e. The van der Waals surface area contributed by atoms with Crippen LogP contribution in [-0.2, 0) is 16.0 Å².